The third kappa shape index (κ3) is 2.78. The number of alkyl halides is 1. The maximum Gasteiger partial charge on any atom is 0.0897 e. The molecule has 0 unspecified atom stereocenters. The molecule has 0 spiro atoms. The van der Waals surface area contributed by atoms with E-state index in [1.54, 1.807) is 7.11 Å². The lowest BCUT2D eigenvalue weighted by Crippen LogP contribution is -2.20. The van der Waals surface area contributed by atoms with Gasteiger partial charge in [0.2, 0.25) is 0 Å². The zero-order valence-corrected chi connectivity index (χ0v) is 7.18. The summed E-state index contributed by atoms with van der Waals surface area (Å²) in [6.07, 6.45) is 5.77. The van der Waals surface area contributed by atoms with E-state index in [0.29, 0.717) is 12.0 Å². The van der Waals surface area contributed by atoms with Crippen LogP contribution in [0.15, 0.2) is 0 Å². The van der Waals surface area contributed by atoms with Crippen LogP contribution in [0.1, 0.15) is 32.1 Å². The molecule has 1 saturated carbocycles. The molecule has 0 radical (unpaired) electrons. The van der Waals surface area contributed by atoms with Crippen molar-refractivity contribution in [3.05, 3.63) is 0 Å². The third-order valence-corrected chi connectivity index (χ3v) is 2.64. The zero-order chi connectivity index (χ0) is 8.10. The molecule has 1 aliphatic rings. The maximum atomic E-state index is 11.9. The summed E-state index contributed by atoms with van der Waals surface area (Å²) in [5, 5.41) is 0. The Morgan fingerprint density at radius 1 is 1.27 bits per heavy atom. The fourth-order valence-electron chi connectivity index (χ4n) is 1.81. The molecule has 11 heavy (non-hydrogen) atoms. The number of rotatable bonds is 3. The van der Waals surface area contributed by atoms with Crippen LogP contribution < -0.4 is 0 Å². The minimum absolute atomic E-state index is 0.150. The van der Waals surface area contributed by atoms with Crippen molar-refractivity contribution in [1.29, 1.82) is 0 Å². The van der Waals surface area contributed by atoms with E-state index in [1.807, 2.05) is 0 Å². The molecular formula is C9H17FO. The van der Waals surface area contributed by atoms with E-state index < -0.39 is 0 Å². The van der Waals surface area contributed by atoms with E-state index in [0.717, 1.165) is 32.1 Å². The third-order valence-electron chi connectivity index (χ3n) is 2.64. The molecule has 0 N–H and O–H groups in total. The number of halogens is 1. The molecule has 0 atom stereocenters. The van der Waals surface area contributed by atoms with Crippen LogP contribution in [-0.2, 0) is 4.74 Å². The Morgan fingerprint density at radius 2 is 1.91 bits per heavy atom. The van der Waals surface area contributed by atoms with Gasteiger partial charge in [0, 0.05) is 7.11 Å². The number of hydrogen-bond acceptors (Lipinski definition) is 1. The van der Waals surface area contributed by atoms with Crippen molar-refractivity contribution >= 4 is 0 Å². The largest absolute Gasteiger partial charge is 0.381 e. The predicted octanol–water partition coefficient (Wildman–Crippen LogP) is 2.55. The van der Waals surface area contributed by atoms with Crippen LogP contribution in [0.3, 0.4) is 0 Å². The molecule has 0 bridgehead atoms. The highest BCUT2D eigenvalue weighted by molar-refractivity contribution is 4.72. The molecule has 0 amide bonds. The Morgan fingerprint density at radius 3 is 2.36 bits per heavy atom. The molecule has 0 saturated heterocycles. The highest BCUT2D eigenvalue weighted by atomic mass is 19.1. The molecule has 1 fully saturated rings. The van der Waals surface area contributed by atoms with E-state index in [1.165, 1.54) is 0 Å². The lowest BCUT2D eigenvalue weighted by atomic mass is 9.86. The molecule has 1 rings (SSSR count). The summed E-state index contributed by atoms with van der Waals surface area (Å²) in [7, 11) is 1.76. The molecule has 0 heterocycles. The summed E-state index contributed by atoms with van der Waals surface area (Å²) in [5.74, 6) is 0.631. The average molecular weight is 160 g/mol. The van der Waals surface area contributed by atoms with Crippen molar-refractivity contribution in [3.8, 4) is 0 Å². The first kappa shape index (κ1) is 8.98. The second-order valence-corrected chi connectivity index (χ2v) is 3.36. The smallest absolute Gasteiger partial charge is 0.0897 e. The van der Waals surface area contributed by atoms with Crippen molar-refractivity contribution < 1.29 is 9.13 Å². The second-order valence-electron chi connectivity index (χ2n) is 3.36. The van der Waals surface area contributed by atoms with Crippen LogP contribution in [0.2, 0.25) is 0 Å². The first-order valence-electron chi connectivity index (χ1n) is 4.45. The van der Waals surface area contributed by atoms with Gasteiger partial charge in [0.25, 0.3) is 0 Å². The monoisotopic (exact) mass is 160 g/mol. The van der Waals surface area contributed by atoms with E-state index >= 15 is 0 Å². The van der Waals surface area contributed by atoms with Crippen LogP contribution in [0, 0.1) is 5.92 Å². The topological polar surface area (TPSA) is 9.23 Å². The minimum atomic E-state index is -0.150. The van der Waals surface area contributed by atoms with Crippen LogP contribution >= 0.6 is 0 Å². The fraction of sp³-hybridized carbons (Fsp3) is 1.00. The normalized spacial score (nSPS) is 32.2. The predicted molar refractivity (Wildman–Crippen MR) is 43.3 cm³/mol. The van der Waals surface area contributed by atoms with Gasteiger partial charge in [0.1, 0.15) is 0 Å². The fourth-order valence-corrected chi connectivity index (χ4v) is 1.81. The van der Waals surface area contributed by atoms with E-state index in [2.05, 4.69) is 0 Å². The second kappa shape index (κ2) is 4.70. The average Bonchev–Trinajstić information content (AvgIpc) is 2.07. The van der Waals surface area contributed by atoms with Crippen molar-refractivity contribution in [1.82, 2.24) is 0 Å². The molecule has 0 aromatic rings. The van der Waals surface area contributed by atoms with E-state index in [9.17, 15) is 4.39 Å². The van der Waals surface area contributed by atoms with Gasteiger partial charge in [-0.05, 0) is 38.0 Å². The summed E-state index contributed by atoms with van der Waals surface area (Å²) in [4.78, 5) is 0. The van der Waals surface area contributed by atoms with Gasteiger partial charge < -0.3 is 4.74 Å². The quantitative estimate of drug-likeness (QED) is 0.616. The van der Waals surface area contributed by atoms with Gasteiger partial charge in [-0.3, -0.25) is 4.39 Å². The van der Waals surface area contributed by atoms with Gasteiger partial charge in [-0.1, -0.05) is 0 Å². The molecule has 1 aliphatic carbocycles. The van der Waals surface area contributed by atoms with Crippen LogP contribution in [-0.4, -0.2) is 19.9 Å². The van der Waals surface area contributed by atoms with Crippen molar-refractivity contribution in [2.75, 3.05) is 13.8 Å². The van der Waals surface area contributed by atoms with Gasteiger partial charge in [-0.2, -0.15) is 0 Å². The first-order valence-corrected chi connectivity index (χ1v) is 4.45. The summed E-state index contributed by atoms with van der Waals surface area (Å²) >= 11 is 0. The minimum Gasteiger partial charge on any atom is -0.381 e. The Kier molecular flexibility index (Phi) is 3.84. The summed E-state index contributed by atoms with van der Waals surface area (Å²) < 4.78 is 17.1. The molecule has 66 valence electrons. The molecular weight excluding hydrogens is 143 g/mol. The Labute approximate surface area is 67.9 Å². The van der Waals surface area contributed by atoms with Crippen LogP contribution in [0.25, 0.3) is 0 Å². The molecule has 0 aliphatic heterocycles. The first-order chi connectivity index (χ1) is 5.36. The maximum absolute atomic E-state index is 11.9. The van der Waals surface area contributed by atoms with Gasteiger partial charge in [0.05, 0.1) is 12.8 Å². The lowest BCUT2D eigenvalue weighted by Gasteiger charge is -2.26. The Hall–Kier alpha value is -0.110. The summed E-state index contributed by atoms with van der Waals surface area (Å²) in [5.41, 5.74) is 0. The van der Waals surface area contributed by atoms with Crippen molar-refractivity contribution in [3.63, 3.8) is 0 Å². The van der Waals surface area contributed by atoms with Gasteiger partial charge in [0.15, 0.2) is 0 Å². The molecule has 2 heteroatoms. The molecule has 1 nitrogen and oxygen atoms in total. The van der Waals surface area contributed by atoms with Gasteiger partial charge >= 0.3 is 0 Å². The highest BCUT2D eigenvalue weighted by Crippen LogP contribution is 2.27. The highest BCUT2D eigenvalue weighted by Gasteiger charge is 2.19. The SMILES string of the molecule is COC1CCC(CCF)CC1. The Bertz CT molecular complexity index is 97.7. The zero-order valence-electron chi connectivity index (χ0n) is 7.18. The van der Waals surface area contributed by atoms with E-state index in [-0.39, 0.29) is 6.67 Å². The van der Waals surface area contributed by atoms with Crippen LogP contribution in [0.5, 0.6) is 0 Å². The van der Waals surface area contributed by atoms with Crippen molar-refractivity contribution in [2.24, 2.45) is 5.92 Å². The Balaban J connectivity index is 2.14. The van der Waals surface area contributed by atoms with Gasteiger partial charge in [-0.15, -0.1) is 0 Å². The molecule has 0 aromatic carbocycles. The lowest BCUT2D eigenvalue weighted by molar-refractivity contribution is 0.0545. The summed E-state index contributed by atoms with van der Waals surface area (Å²) in [6.45, 7) is -0.150. The molecule has 0 aromatic heterocycles. The van der Waals surface area contributed by atoms with E-state index in [4.69, 9.17) is 4.74 Å². The summed E-state index contributed by atoms with van der Waals surface area (Å²) in [6, 6.07) is 0. The number of hydrogen-bond donors (Lipinski definition) is 0. The van der Waals surface area contributed by atoms with Crippen LogP contribution in [0.4, 0.5) is 4.39 Å². The standard InChI is InChI=1S/C9H17FO/c1-11-9-4-2-8(3-5-9)6-7-10/h8-9H,2-7H2,1H3. The number of ether oxygens (including phenoxy) is 1. The van der Waals surface area contributed by atoms with Crippen molar-refractivity contribution in [2.45, 2.75) is 38.2 Å². The van der Waals surface area contributed by atoms with Gasteiger partial charge in [-0.25, -0.2) is 0 Å². The number of methoxy groups -OCH3 is 1.